The Morgan fingerprint density at radius 1 is 1.28 bits per heavy atom. The third-order valence-corrected chi connectivity index (χ3v) is 6.83. The average Bonchev–Trinajstić information content (AvgIpc) is 3.15. The highest BCUT2D eigenvalue weighted by molar-refractivity contribution is 7.89. The Morgan fingerprint density at radius 3 is 2.48 bits per heavy atom. The third-order valence-electron chi connectivity index (χ3n) is 4.74. The van der Waals surface area contributed by atoms with Gasteiger partial charge in [0.1, 0.15) is 11.6 Å². The molecule has 3 aliphatic heterocycles. The van der Waals surface area contributed by atoms with Gasteiger partial charge in [-0.3, -0.25) is 14.9 Å². The van der Waals surface area contributed by atoms with Crippen LogP contribution in [-0.4, -0.2) is 85.7 Å². The van der Waals surface area contributed by atoms with E-state index in [0.29, 0.717) is 13.0 Å². The first-order valence-corrected chi connectivity index (χ1v) is 9.84. The molecule has 3 rings (SSSR count). The van der Waals surface area contributed by atoms with E-state index in [-0.39, 0.29) is 32.1 Å². The SMILES string of the molecule is C[C@]1(CS(=O)(=O)N2CCN(C(=O)C3CCCO3)CC2)NC(=O)NC1=O. The van der Waals surface area contributed by atoms with Crippen LogP contribution in [0.15, 0.2) is 0 Å². The van der Waals surface area contributed by atoms with E-state index in [1.807, 2.05) is 5.32 Å². The second-order valence-electron chi connectivity index (χ2n) is 6.72. The predicted molar refractivity (Wildman–Crippen MR) is 86.0 cm³/mol. The Labute approximate surface area is 145 Å². The summed E-state index contributed by atoms with van der Waals surface area (Å²) in [5.74, 6) is -1.27. The second kappa shape index (κ2) is 6.54. The lowest BCUT2D eigenvalue weighted by atomic mass is 10.1. The summed E-state index contributed by atoms with van der Waals surface area (Å²) < 4.78 is 31.8. The van der Waals surface area contributed by atoms with Crippen LogP contribution in [0.1, 0.15) is 19.8 Å². The minimum Gasteiger partial charge on any atom is -0.368 e. The Bertz CT molecular complexity index is 681. The molecule has 10 nitrogen and oxygen atoms in total. The number of hydrogen-bond donors (Lipinski definition) is 2. The van der Waals surface area contributed by atoms with Gasteiger partial charge in [0.05, 0.1) is 5.75 Å². The van der Waals surface area contributed by atoms with Crippen LogP contribution in [0.4, 0.5) is 4.79 Å². The van der Waals surface area contributed by atoms with Gasteiger partial charge < -0.3 is 15.0 Å². The number of hydrogen-bond acceptors (Lipinski definition) is 6. The van der Waals surface area contributed by atoms with Gasteiger partial charge >= 0.3 is 6.03 Å². The quantitative estimate of drug-likeness (QED) is 0.562. The molecule has 4 amide bonds. The van der Waals surface area contributed by atoms with E-state index < -0.39 is 39.4 Å². The molecule has 3 fully saturated rings. The first-order valence-electron chi connectivity index (χ1n) is 8.23. The zero-order valence-corrected chi connectivity index (χ0v) is 14.8. The lowest BCUT2D eigenvalue weighted by Crippen LogP contribution is -2.57. The van der Waals surface area contributed by atoms with Crippen LogP contribution in [0.5, 0.6) is 0 Å². The van der Waals surface area contributed by atoms with E-state index in [9.17, 15) is 22.8 Å². The molecule has 0 aliphatic carbocycles. The predicted octanol–water partition coefficient (Wildman–Crippen LogP) is -1.76. The number of amides is 4. The molecule has 11 heteroatoms. The number of urea groups is 1. The van der Waals surface area contributed by atoms with Crippen molar-refractivity contribution in [1.82, 2.24) is 19.8 Å². The minimum absolute atomic E-state index is 0.0936. The van der Waals surface area contributed by atoms with Gasteiger partial charge in [-0.1, -0.05) is 0 Å². The maximum atomic E-state index is 12.6. The van der Waals surface area contributed by atoms with Crippen LogP contribution < -0.4 is 10.6 Å². The van der Waals surface area contributed by atoms with Crippen LogP contribution in [0.25, 0.3) is 0 Å². The molecule has 0 aromatic carbocycles. The molecule has 0 saturated carbocycles. The molecule has 2 atom stereocenters. The first-order chi connectivity index (χ1) is 11.7. The second-order valence-corrected chi connectivity index (χ2v) is 8.69. The fraction of sp³-hybridized carbons (Fsp3) is 0.786. The van der Waals surface area contributed by atoms with Gasteiger partial charge in [-0.25, -0.2) is 13.2 Å². The molecule has 0 spiro atoms. The van der Waals surface area contributed by atoms with E-state index in [1.165, 1.54) is 11.2 Å². The molecular weight excluding hydrogens is 352 g/mol. The molecule has 0 aromatic heterocycles. The zero-order chi connectivity index (χ0) is 18.2. The summed E-state index contributed by atoms with van der Waals surface area (Å²) in [6.45, 7) is 2.85. The lowest BCUT2D eigenvalue weighted by molar-refractivity contribution is -0.142. The van der Waals surface area contributed by atoms with Gasteiger partial charge in [-0.15, -0.1) is 0 Å². The number of sulfonamides is 1. The summed E-state index contributed by atoms with van der Waals surface area (Å²) in [5, 5.41) is 4.40. The molecular formula is C14H22N4O6S. The number of carbonyl (C=O) groups is 3. The van der Waals surface area contributed by atoms with E-state index >= 15 is 0 Å². The van der Waals surface area contributed by atoms with Gasteiger partial charge in [-0.05, 0) is 19.8 Å². The number of piperazine rings is 1. The summed E-state index contributed by atoms with van der Waals surface area (Å²) in [4.78, 5) is 37.0. The van der Waals surface area contributed by atoms with Crippen LogP contribution in [0.3, 0.4) is 0 Å². The lowest BCUT2D eigenvalue weighted by Gasteiger charge is -2.36. The van der Waals surface area contributed by atoms with E-state index in [0.717, 1.165) is 6.42 Å². The van der Waals surface area contributed by atoms with Gasteiger partial charge in [0.2, 0.25) is 10.0 Å². The Morgan fingerprint density at radius 2 is 1.96 bits per heavy atom. The number of carbonyl (C=O) groups excluding carboxylic acids is 3. The van der Waals surface area contributed by atoms with Crippen molar-refractivity contribution in [3.63, 3.8) is 0 Å². The Balaban J connectivity index is 1.59. The topological polar surface area (TPSA) is 125 Å². The van der Waals surface area contributed by atoms with Gasteiger partial charge in [0, 0.05) is 32.8 Å². The smallest absolute Gasteiger partial charge is 0.322 e. The van der Waals surface area contributed by atoms with Crippen LogP contribution in [-0.2, 0) is 24.3 Å². The standard InChI is InChI=1S/C14H22N4O6S/c1-14(12(20)15-13(21)16-14)9-25(22,23)18-6-4-17(5-7-18)11(19)10-3-2-8-24-10/h10H,2-9H2,1H3,(H2,15,16,20,21)/t10?,14-/m1/s1. The monoisotopic (exact) mass is 374 g/mol. The number of ether oxygens (including phenoxy) is 1. The summed E-state index contributed by atoms with van der Waals surface area (Å²) in [7, 11) is -3.76. The minimum atomic E-state index is -3.76. The molecule has 140 valence electrons. The summed E-state index contributed by atoms with van der Waals surface area (Å²) >= 11 is 0. The van der Waals surface area contributed by atoms with Crippen LogP contribution in [0, 0.1) is 0 Å². The molecule has 0 bridgehead atoms. The van der Waals surface area contributed by atoms with Gasteiger partial charge in [0.25, 0.3) is 11.8 Å². The molecule has 3 saturated heterocycles. The number of nitrogens with one attached hydrogen (secondary N) is 2. The molecule has 0 radical (unpaired) electrons. The average molecular weight is 374 g/mol. The van der Waals surface area contributed by atoms with Gasteiger partial charge in [0.15, 0.2) is 0 Å². The van der Waals surface area contributed by atoms with Crippen molar-refractivity contribution in [2.45, 2.75) is 31.4 Å². The number of imide groups is 1. The largest absolute Gasteiger partial charge is 0.368 e. The van der Waals surface area contributed by atoms with Crippen molar-refractivity contribution in [3.05, 3.63) is 0 Å². The fourth-order valence-corrected chi connectivity index (χ4v) is 5.14. The number of rotatable bonds is 4. The number of nitrogens with zero attached hydrogens (tertiary/aromatic N) is 2. The molecule has 3 aliphatic rings. The van der Waals surface area contributed by atoms with Crippen molar-refractivity contribution in [3.8, 4) is 0 Å². The van der Waals surface area contributed by atoms with Crippen LogP contribution in [0.2, 0.25) is 0 Å². The molecule has 25 heavy (non-hydrogen) atoms. The molecule has 2 N–H and O–H groups in total. The molecule has 1 unspecified atom stereocenters. The van der Waals surface area contributed by atoms with Gasteiger partial charge in [-0.2, -0.15) is 4.31 Å². The highest BCUT2D eigenvalue weighted by atomic mass is 32.2. The summed E-state index contributed by atoms with van der Waals surface area (Å²) in [5.41, 5.74) is -1.49. The normalized spacial score (nSPS) is 31.1. The van der Waals surface area contributed by atoms with Crippen molar-refractivity contribution < 1.29 is 27.5 Å². The van der Waals surface area contributed by atoms with E-state index in [2.05, 4.69) is 5.32 Å². The molecule has 0 aromatic rings. The highest BCUT2D eigenvalue weighted by Gasteiger charge is 2.47. The van der Waals surface area contributed by atoms with Crippen molar-refractivity contribution in [1.29, 1.82) is 0 Å². The van der Waals surface area contributed by atoms with Crippen molar-refractivity contribution in [2.75, 3.05) is 38.5 Å². The summed E-state index contributed by atoms with van der Waals surface area (Å²) in [6, 6.07) is -0.699. The van der Waals surface area contributed by atoms with E-state index in [1.54, 1.807) is 4.90 Å². The van der Waals surface area contributed by atoms with Crippen molar-refractivity contribution in [2.24, 2.45) is 0 Å². The van der Waals surface area contributed by atoms with Crippen LogP contribution >= 0.6 is 0 Å². The maximum absolute atomic E-state index is 12.6. The first kappa shape index (κ1) is 18.1. The summed E-state index contributed by atoms with van der Waals surface area (Å²) in [6.07, 6.45) is 1.14. The fourth-order valence-electron chi connectivity index (χ4n) is 3.30. The third kappa shape index (κ3) is 3.62. The Hall–Kier alpha value is -1.72. The molecule has 3 heterocycles. The van der Waals surface area contributed by atoms with E-state index in [4.69, 9.17) is 4.74 Å². The Kier molecular flexibility index (Phi) is 4.73. The zero-order valence-electron chi connectivity index (χ0n) is 14.0. The highest BCUT2D eigenvalue weighted by Crippen LogP contribution is 2.19. The maximum Gasteiger partial charge on any atom is 0.322 e. The van der Waals surface area contributed by atoms with Crippen molar-refractivity contribution >= 4 is 27.9 Å².